The predicted octanol–water partition coefficient (Wildman–Crippen LogP) is 1.67. The van der Waals surface area contributed by atoms with Gasteiger partial charge < -0.3 is 9.47 Å². The van der Waals surface area contributed by atoms with Crippen molar-refractivity contribution in [2.45, 2.75) is 32.8 Å². The zero-order valence-corrected chi connectivity index (χ0v) is 8.42. The van der Waals surface area contributed by atoms with Gasteiger partial charge in [0, 0.05) is 12.0 Å². The maximum atomic E-state index is 11.5. The Morgan fingerprint density at radius 1 is 1.54 bits per heavy atom. The van der Waals surface area contributed by atoms with E-state index in [-0.39, 0.29) is 5.97 Å². The molecule has 0 amide bonds. The summed E-state index contributed by atoms with van der Waals surface area (Å²) >= 11 is 0. The molecule has 3 nitrogen and oxygen atoms in total. The number of carbonyl (C=O) groups is 1. The van der Waals surface area contributed by atoms with E-state index in [1.807, 2.05) is 20.8 Å². The highest BCUT2D eigenvalue weighted by Crippen LogP contribution is 2.15. The van der Waals surface area contributed by atoms with Gasteiger partial charge in [-0.2, -0.15) is 0 Å². The zero-order valence-electron chi connectivity index (χ0n) is 8.42. The minimum absolute atomic E-state index is 0.212. The fraction of sp³-hybridized carbons (Fsp3) is 0.700. The Bertz CT molecular complexity index is 223. The number of ether oxygens (including phenoxy) is 2. The van der Waals surface area contributed by atoms with Crippen LogP contribution >= 0.6 is 0 Å². The van der Waals surface area contributed by atoms with Gasteiger partial charge >= 0.3 is 5.97 Å². The molecule has 0 aromatic rings. The van der Waals surface area contributed by atoms with E-state index in [9.17, 15) is 4.79 Å². The number of hydrogen-bond donors (Lipinski definition) is 0. The van der Waals surface area contributed by atoms with Crippen LogP contribution in [0.4, 0.5) is 0 Å². The average molecular weight is 184 g/mol. The van der Waals surface area contributed by atoms with Crippen molar-refractivity contribution in [3.63, 3.8) is 0 Å². The third kappa shape index (κ3) is 3.59. The maximum Gasteiger partial charge on any atom is 0.334 e. The molecular formula is C10H16O3. The Kier molecular flexibility index (Phi) is 3.09. The predicted molar refractivity (Wildman–Crippen MR) is 49.4 cm³/mol. The minimum atomic E-state index is -0.407. The Hall–Kier alpha value is -0.830. The van der Waals surface area contributed by atoms with Gasteiger partial charge in [-0.25, -0.2) is 4.79 Å². The highest BCUT2D eigenvalue weighted by atomic mass is 16.6. The lowest BCUT2D eigenvalue weighted by Crippen LogP contribution is -2.26. The Balaban J connectivity index is 2.52. The highest BCUT2D eigenvalue weighted by molar-refractivity contribution is 5.88. The largest absolute Gasteiger partial charge is 0.457 e. The molecule has 1 heterocycles. The van der Waals surface area contributed by atoms with E-state index in [2.05, 4.69) is 0 Å². The summed E-state index contributed by atoms with van der Waals surface area (Å²) in [6.45, 7) is 6.74. The lowest BCUT2D eigenvalue weighted by molar-refractivity contribution is -0.150. The Morgan fingerprint density at radius 3 is 2.69 bits per heavy atom. The van der Waals surface area contributed by atoms with Gasteiger partial charge in [0.1, 0.15) is 5.60 Å². The molecule has 1 rings (SSSR count). The van der Waals surface area contributed by atoms with E-state index in [0.29, 0.717) is 19.6 Å². The summed E-state index contributed by atoms with van der Waals surface area (Å²) in [4.78, 5) is 11.5. The highest BCUT2D eigenvalue weighted by Gasteiger charge is 2.20. The topological polar surface area (TPSA) is 35.5 Å². The fourth-order valence-corrected chi connectivity index (χ4v) is 1.06. The lowest BCUT2D eigenvalue weighted by Gasteiger charge is -2.21. The molecule has 0 N–H and O–H groups in total. The molecular weight excluding hydrogens is 168 g/mol. The number of esters is 1. The summed E-state index contributed by atoms with van der Waals surface area (Å²) in [7, 11) is 0. The van der Waals surface area contributed by atoms with Crippen LogP contribution in [0.15, 0.2) is 11.6 Å². The van der Waals surface area contributed by atoms with Crippen molar-refractivity contribution in [1.29, 1.82) is 0 Å². The van der Waals surface area contributed by atoms with Gasteiger partial charge in [0.15, 0.2) is 0 Å². The Morgan fingerprint density at radius 2 is 2.23 bits per heavy atom. The molecule has 0 radical (unpaired) electrons. The van der Waals surface area contributed by atoms with Gasteiger partial charge in [0.2, 0.25) is 0 Å². The van der Waals surface area contributed by atoms with Crippen molar-refractivity contribution in [3.8, 4) is 0 Å². The summed E-state index contributed by atoms with van der Waals surface area (Å²) in [5, 5.41) is 0. The van der Waals surface area contributed by atoms with Crippen molar-refractivity contribution >= 4 is 5.97 Å². The average Bonchev–Trinajstić information content (AvgIpc) is 2.03. The molecule has 0 saturated carbocycles. The van der Waals surface area contributed by atoms with Gasteiger partial charge in [-0.1, -0.05) is 0 Å². The monoisotopic (exact) mass is 184 g/mol. The van der Waals surface area contributed by atoms with Crippen LogP contribution in [0.5, 0.6) is 0 Å². The summed E-state index contributed by atoms with van der Waals surface area (Å²) in [5.41, 5.74) is 0.331. The first-order valence-electron chi connectivity index (χ1n) is 4.49. The number of rotatable bonds is 1. The molecule has 0 spiro atoms. The first kappa shape index (κ1) is 10.3. The smallest absolute Gasteiger partial charge is 0.334 e. The van der Waals surface area contributed by atoms with Gasteiger partial charge in [-0.15, -0.1) is 0 Å². The molecule has 1 aliphatic rings. The third-order valence-corrected chi connectivity index (χ3v) is 1.62. The standard InChI is InChI=1S/C10H16O3/c1-10(2,3)13-9(11)8-4-6-12-7-5-8/h4H,5-7H2,1-3H3. The molecule has 3 heteroatoms. The molecule has 0 unspecified atom stereocenters. The molecule has 1 aliphatic heterocycles. The first-order chi connectivity index (χ1) is 5.99. The molecule has 0 aromatic carbocycles. The number of carbonyl (C=O) groups excluding carboxylic acids is 1. The summed E-state index contributed by atoms with van der Waals surface area (Å²) in [6, 6.07) is 0. The van der Waals surface area contributed by atoms with E-state index in [1.165, 1.54) is 0 Å². The van der Waals surface area contributed by atoms with Crippen LogP contribution in [0.3, 0.4) is 0 Å². The molecule has 0 aliphatic carbocycles. The normalized spacial score (nSPS) is 17.9. The second-order valence-corrected chi connectivity index (χ2v) is 4.06. The Labute approximate surface area is 78.7 Å². The van der Waals surface area contributed by atoms with E-state index in [0.717, 1.165) is 5.57 Å². The second kappa shape index (κ2) is 3.92. The summed E-state index contributed by atoms with van der Waals surface area (Å²) in [6.07, 6.45) is 2.45. The SMILES string of the molecule is CC(C)(C)OC(=O)C1=CCOCC1. The van der Waals surface area contributed by atoms with E-state index < -0.39 is 5.60 Å². The van der Waals surface area contributed by atoms with Crippen molar-refractivity contribution in [2.75, 3.05) is 13.2 Å². The molecule has 0 fully saturated rings. The molecule has 0 saturated heterocycles. The van der Waals surface area contributed by atoms with E-state index in [4.69, 9.17) is 9.47 Å². The minimum Gasteiger partial charge on any atom is -0.457 e. The molecule has 0 atom stereocenters. The fourth-order valence-electron chi connectivity index (χ4n) is 1.06. The summed E-state index contributed by atoms with van der Waals surface area (Å²) < 4.78 is 10.3. The van der Waals surface area contributed by atoms with Crippen molar-refractivity contribution < 1.29 is 14.3 Å². The molecule has 0 bridgehead atoms. The van der Waals surface area contributed by atoms with Gasteiger partial charge in [-0.05, 0) is 26.8 Å². The van der Waals surface area contributed by atoms with Gasteiger partial charge in [0.25, 0.3) is 0 Å². The molecule has 13 heavy (non-hydrogen) atoms. The zero-order chi connectivity index (χ0) is 9.90. The first-order valence-corrected chi connectivity index (χ1v) is 4.49. The lowest BCUT2D eigenvalue weighted by atomic mass is 10.1. The van der Waals surface area contributed by atoms with Crippen molar-refractivity contribution in [1.82, 2.24) is 0 Å². The van der Waals surface area contributed by atoms with Crippen LogP contribution in [-0.4, -0.2) is 24.8 Å². The second-order valence-electron chi connectivity index (χ2n) is 4.06. The van der Waals surface area contributed by atoms with Crippen LogP contribution in [0, 0.1) is 0 Å². The van der Waals surface area contributed by atoms with Crippen molar-refractivity contribution in [3.05, 3.63) is 11.6 Å². The van der Waals surface area contributed by atoms with E-state index in [1.54, 1.807) is 6.08 Å². The van der Waals surface area contributed by atoms with Crippen LogP contribution in [0.2, 0.25) is 0 Å². The van der Waals surface area contributed by atoms with Crippen LogP contribution in [0.1, 0.15) is 27.2 Å². The van der Waals surface area contributed by atoms with Gasteiger partial charge in [-0.3, -0.25) is 0 Å². The van der Waals surface area contributed by atoms with Crippen molar-refractivity contribution in [2.24, 2.45) is 0 Å². The quantitative estimate of drug-likeness (QED) is 0.581. The molecule has 0 aromatic heterocycles. The van der Waals surface area contributed by atoms with Gasteiger partial charge in [0.05, 0.1) is 13.2 Å². The maximum absolute atomic E-state index is 11.5. The van der Waals surface area contributed by atoms with Crippen LogP contribution < -0.4 is 0 Å². The van der Waals surface area contributed by atoms with Crippen LogP contribution in [-0.2, 0) is 14.3 Å². The summed E-state index contributed by atoms with van der Waals surface area (Å²) in [5.74, 6) is -0.212. The number of hydrogen-bond acceptors (Lipinski definition) is 3. The van der Waals surface area contributed by atoms with E-state index >= 15 is 0 Å². The molecule has 74 valence electrons. The third-order valence-electron chi connectivity index (χ3n) is 1.62. The van der Waals surface area contributed by atoms with Crippen LogP contribution in [0.25, 0.3) is 0 Å².